The van der Waals surface area contributed by atoms with Gasteiger partial charge >= 0.3 is 0 Å². The second-order valence-electron chi connectivity index (χ2n) is 2.09. The summed E-state index contributed by atoms with van der Waals surface area (Å²) in [4.78, 5) is 10.5. The third-order valence-corrected chi connectivity index (χ3v) is 1.21. The number of rotatable bonds is 2. The van der Waals surface area contributed by atoms with Crippen molar-refractivity contribution in [2.24, 2.45) is 5.84 Å². The first kappa shape index (κ1) is 7.47. The molecule has 0 bridgehead atoms. The summed E-state index contributed by atoms with van der Waals surface area (Å²) < 4.78 is 0. The highest BCUT2D eigenvalue weighted by molar-refractivity contribution is 5.47. The van der Waals surface area contributed by atoms with Gasteiger partial charge in [-0.15, -0.1) is 0 Å². The molecule has 3 heteroatoms. The lowest BCUT2D eigenvalue weighted by Gasteiger charge is -1.85. The Balaban J connectivity index is 2.72. The van der Waals surface area contributed by atoms with Gasteiger partial charge in [-0.05, 0) is 5.56 Å². The summed E-state index contributed by atoms with van der Waals surface area (Å²) in [6.07, 6.45) is 2.91. The highest BCUT2D eigenvalue weighted by Gasteiger charge is 1.89. The molecule has 11 heavy (non-hydrogen) atoms. The van der Waals surface area contributed by atoms with E-state index in [9.17, 15) is 4.91 Å². The molecular weight excluding hydrogens is 140 g/mol. The number of benzene rings is 1. The third-order valence-electron chi connectivity index (χ3n) is 1.21. The van der Waals surface area contributed by atoms with Crippen LogP contribution in [-0.4, -0.2) is 4.87 Å². The summed E-state index contributed by atoms with van der Waals surface area (Å²) in [5, 5.41) is 0. The van der Waals surface area contributed by atoms with Crippen LogP contribution in [-0.2, 0) is 0 Å². The standard InChI is InChI=1S/C8H9N2O/c9-10(11)7-6-8-4-2-1-3-5-8/h1-7H,(H2,9,11)/q+1. The molecule has 0 aliphatic heterocycles. The molecule has 0 fully saturated rings. The van der Waals surface area contributed by atoms with Gasteiger partial charge in [0.2, 0.25) is 0 Å². The highest BCUT2D eigenvalue weighted by Crippen LogP contribution is 1.99. The van der Waals surface area contributed by atoms with Crippen molar-refractivity contribution in [1.29, 1.82) is 0 Å². The molecule has 0 heterocycles. The van der Waals surface area contributed by atoms with E-state index in [0.717, 1.165) is 5.56 Å². The summed E-state index contributed by atoms with van der Waals surface area (Å²) >= 11 is 0. The van der Waals surface area contributed by atoms with Gasteiger partial charge in [0, 0.05) is 6.08 Å². The lowest BCUT2D eigenvalue weighted by atomic mass is 10.2. The number of nitroso groups, excluding NO2 is 1. The lowest BCUT2D eigenvalue weighted by Crippen LogP contribution is -2.06. The number of nitrogens with two attached hydrogens (primary N) is 1. The van der Waals surface area contributed by atoms with E-state index >= 15 is 0 Å². The van der Waals surface area contributed by atoms with Crippen molar-refractivity contribution in [3.8, 4) is 0 Å². The molecule has 3 nitrogen and oxygen atoms in total. The second-order valence-corrected chi connectivity index (χ2v) is 2.09. The Morgan fingerprint density at radius 2 is 1.91 bits per heavy atom. The Morgan fingerprint density at radius 1 is 1.27 bits per heavy atom. The van der Waals surface area contributed by atoms with Gasteiger partial charge in [0.25, 0.3) is 6.20 Å². The van der Waals surface area contributed by atoms with Crippen molar-refractivity contribution in [2.75, 3.05) is 0 Å². The average molecular weight is 149 g/mol. The van der Waals surface area contributed by atoms with Crippen LogP contribution in [0, 0.1) is 4.91 Å². The molecule has 56 valence electrons. The summed E-state index contributed by atoms with van der Waals surface area (Å²) in [7, 11) is 0. The maximum Gasteiger partial charge on any atom is 0.257 e. The topological polar surface area (TPSA) is 46.1 Å². The maximum absolute atomic E-state index is 10.2. The maximum atomic E-state index is 10.2. The SMILES string of the molecule is N[N+](=O)C=Cc1ccccc1. The average Bonchev–Trinajstić information content (AvgIpc) is 2.03. The fourth-order valence-electron chi connectivity index (χ4n) is 0.724. The molecule has 1 aromatic carbocycles. The molecule has 0 aliphatic carbocycles. The van der Waals surface area contributed by atoms with Crippen LogP contribution in [0.5, 0.6) is 0 Å². The molecule has 0 aromatic heterocycles. The third kappa shape index (κ3) is 2.62. The van der Waals surface area contributed by atoms with E-state index in [1.165, 1.54) is 6.20 Å². The molecule has 0 spiro atoms. The fraction of sp³-hybridized carbons (Fsp3) is 0. The molecule has 0 radical (unpaired) electrons. The number of nitrogens with zero attached hydrogens (tertiary/aromatic N) is 1. The van der Waals surface area contributed by atoms with E-state index in [0.29, 0.717) is 0 Å². The first-order valence-corrected chi connectivity index (χ1v) is 3.23. The van der Waals surface area contributed by atoms with Crippen LogP contribution in [0.1, 0.15) is 5.56 Å². The van der Waals surface area contributed by atoms with E-state index in [1.807, 2.05) is 30.3 Å². The Hall–Kier alpha value is -1.64. The molecule has 1 rings (SSSR count). The van der Waals surface area contributed by atoms with Gasteiger partial charge in [-0.25, -0.2) is 0 Å². The Bertz CT molecular complexity index is 267. The van der Waals surface area contributed by atoms with E-state index < -0.39 is 0 Å². The van der Waals surface area contributed by atoms with Gasteiger partial charge in [0.15, 0.2) is 0 Å². The molecule has 1 aromatic rings. The van der Waals surface area contributed by atoms with Crippen LogP contribution < -0.4 is 5.84 Å². The van der Waals surface area contributed by atoms with Gasteiger partial charge in [-0.3, -0.25) is 0 Å². The molecule has 0 amide bonds. The molecule has 0 saturated carbocycles. The van der Waals surface area contributed by atoms with Gasteiger partial charge in [-0.1, -0.05) is 30.3 Å². The number of hydrogen-bond donors (Lipinski definition) is 1. The van der Waals surface area contributed by atoms with Crippen LogP contribution in [0.25, 0.3) is 6.08 Å². The van der Waals surface area contributed by atoms with Crippen molar-refractivity contribution in [3.05, 3.63) is 47.0 Å². The zero-order valence-corrected chi connectivity index (χ0v) is 5.97. The molecule has 0 saturated heterocycles. The molecule has 2 N–H and O–H groups in total. The lowest BCUT2D eigenvalue weighted by molar-refractivity contribution is -0.489. The van der Waals surface area contributed by atoms with Crippen molar-refractivity contribution in [2.45, 2.75) is 0 Å². The normalized spacial score (nSPS) is 10.2. The smallest absolute Gasteiger partial charge is 0.160 e. The first-order chi connectivity index (χ1) is 5.29. The van der Waals surface area contributed by atoms with E-state index in [1.54, 1.807) is 6.08 Å². The van der Waals surface area contributed by atoms with Crippen molar-refractivity contribution < 1.29 is 4.87 Å². The van der Waals surface area contributed by atoms with Crippen molar-refractivity contribution in [1.82, 2.24) is 0 Å². The molecule has 0 aliphatic rings. The largest absolute Gasteiger partial charge is 0.257 e. The van der Waals surface area contributed by atoms with Gasteiger partial charge in [0.1, 0.15) is 4.87 Å². The van der Waals surface area contributed by atoms with Gasteiger partial charge < -0.3 is 0 Å². The molecule has 0 atom stereocenters. The minimum absolute atomic E-state index is 0.271. The summed E-state index contributed by atoms with van der Waals surface area (Å²) in [6, 6.07) is 9.48. The fourth-order valence-corrected chi connectivity index (χ4v) is 0.724. The Morgan fingerprint density at radius 3 is 2.45 bits per heavy atom. The Kier molecular flexibility index (Phi) is 2.38. The van der Waals surface area contributed by atoms with Crippen LogP contribution in [0.15, 0.2) is 36.5 Å². The number of hydrazine groups is 1. The van der Waals surface area contributed by atoms with Crippen molar-refractivity contribution in [3.63, 3.8) is 0 Å². The highest BCUT2D eigenvalue weighted by atomic mass is 16.3. The van der Waals surface area contributed by atoms with Crippen LogP contribution >= 0.6 is 0 Å². The predicted octanol–water partition coefficient (Wildman–Crippen LogP) is 1.31. The first-order valence-electron chi connectivity index (χ1n) is 3.23. The monoisotopic (exact) mass is 149 g/mol. The summed E-state index contributed by atoms with van der Waals surface area (Å²) in [6.45, 7) is 0. The van der Waals surface area contributed by atoms with Crippen LogP contribution in [0.4, 0.5) is 0 Å². The second kappa shape index (κ2) is 3.51. The predicted molar refractivity (Wildman–Crippen MR) is 43.3 cm³/mol. The Labute approximate surface area is 64.7 Å². The summed E-state index contributed by atoms with van der Waals surface area (Å²) in [5.74, 6) is 4.83. The van der Waals surface area contributed by atoms with Gasteiger partial charge in [0.05, 0.1) is 4.91 Å². The van der Waals surface area contributed by atoms with Crippen molar-refractivity contribution >= 4 is 6.08 Å². The quantitative estimate of drug-likeness (QED) is 0.391. The minimum Gasteiger partial charge on any atom is -0.160 e. The van der Waals surface area contributed by atoms with Crippen LogP contribution in [0.3, 0.4) is 0 Å². The molecule has 0 unspecified atom stereocenters. The number of hydrogen-bond acceptors (Lipinski definition) is 1. The van der Waals surface area contributed by atoms with Crippen LogP contribution in [0.2, 0.25) is 0 Å². The van der Waals surface area contributed by atoms with E-state index in [4.69, 9.17) is 5.84 Å². The van der Waals surface area contributed by atoms with E-state index in [2.05, 4.69) is 0 Å². The van der Waals surface area contributed by atoms with Gasteiger partial charge in [-0.2, -0.15) is 5.84 Å². The van der Waals surface area contributed by atoms with E-state index in [-0.39, 0.29) is 4.87 Å². The zero-order valence-electron chi connectivity index (χ0n) is 5.97. The zero-order chi connectivity index (χ0) is 8.10. The summed E-state index contributed by atoms with van der Waals surface area (Å²) in [5.41, 5.74) is 0.957. The minimum atomic E-state index is 0.271. The molecular formula is C8H9N2O+.